The Balaban J connectivity index is 2.91. The zero-order chi connectivity index (χ0) is 10.1. The highest BCUT2D eigenvalue weighted by Crippen LogP contribution is 2.33. The third-order valence-electron chi connectivity index (χ3n) is 2.48. The van der Waals surface area contributed by atoms with E-state index >= 15 is 0 Å². The Bertz CT molecular complexity index is 280. The molecule has 1 rings (SSSR count). The molecule has 1 aromatic heterocycles. The van der Waals surface area contributed by atoms with Crippen molar-refractivity contribution >= 4 is 11.3 Å². The monoisotopic (exact) mass is 199 g/mol. The van der Waals surface area contributed by atoms with E-state index < -0.39 is 0 Å². The lowest BCUT2D eigenvalue weighted by molar-refractivity contribution is 0.132. The first-order valence-corrected chi connectivity index (χ1v) is 5.27. The summed E-state index contributed by atoms with van der Waals surface area (Å²) >= 11 is 1.70. The number of thiophene rings is 1. The Kier molecular flexibility index (Phi) is 3.11. The summed E-state index contributed by atoms with van der Waals surface area (Å²) in [5.74, 6) is 0. The summed E-state index contributed by atoms with van der Waals surface area (Å²) in [6.45, 7) is 6.14. The van der Waals surface area contributed by atoms with E-state index in [1.165, 1.54) is 4.88 Å². The summed E-state index contributed by atoms with van der Waals surface area (Å²) in [7, 11) is 0. The molecular formula is C10H17NOS. The first kappa shape index (κ1) is 10.7. The van der Waals surface area contributed by atoms with Crippen molar-refractivity contribution in [2.75, 3.05) is 6.61 Å². The second kappa shape index (κ2) is 3.78. The molecule has 0 saturated heterocycles. The van der Waals surface area contributed by atoms with Crippen LogP contribution in [-0.2, 0) is 0 Å². The first-order chi connectivity index (χ1) is 5.99. The molecule has 0 fully saturated rings. The van der Waals surface area contributed by atoms with Crippen LogP contribution in [0.5, 0.6) is 0 Å². The number of aliphatic hydroxyl groups is 1. The molecule has 3 N–H and O–H groups in total. The lowest BCUT2D eigenvalue weighted by Crippen LogP contribution is -2.32. The van der Waals surface area contributed by atoms with Crippen LogP contribution in [0.25, 0.3) is 0 Å². The number of nitrogens with two attached hydrogens (primary N) is 1. The maximum Gasteiger partial charge on any atom is 0.0500 e. The molecule has 2 nitrogen and oxygen atoms in total. The maximum atomic E-state index is 9.18. The molecule has 0 aliphatic rings. The largest absolute Gasteiger partial charge is 0.396 e. The Morgan fingerprint density at radius 3 is 2.62 bits per heavy atom. The Morgan fingerprint density at radius 1 is 1.62 bits per heavy atom. The zero-order valence-electron chi connectivity index (χ0n) is 8.37. The number of hydrogen-bond acceptors (Lipinski definition) is 3. The summed E-state index contributed by atoms with van der Waals surface area (Å²) in [5.41, 5.74) is 6.99. The van der Waals surface area contributed by atoms with Gasteiger partial charge in [0.25, 0.3) is 0 Å². The topological polar surface area (TPSA) is 46.2 Å². The van der Waals surface area contributed by atoms with Crippen LogP contribution in [0.15, 0.2) is 11.4 Å². The van der Waals surface area contributed by atoms with Crippen LogP contribution >= 0.6 is 11.3 Å². The quantitative estimate of drug-likeness (QED) is 0.783. The van der Waals surface area contributed by atoms with Gasteiger partial charge in [0.05, 0.1) is 0 Å². The number of hydrogen-bond donors (Lipinski definition) is 2. The van der Waals surface area contributed by atoms with E-state index in [1.54, 1.807) is 11.3 Å². The summed E-state index contributed by atoms with van der Waals surface area (Å²) in [5, 5.41) is 11.2. The highest BCUT2D eigenvalue weighted by atomic mass is 32.1. The molecule has 0 amide bonds. The number of rotatable bonds is 3. The van der Waals surface area contributed by atoms with Gasteiger partial charge in [-0.05, 0) is 23.9 Å². The van der Waals surface area contributed by atoms with E-state index in [-0.39, 0.29) is 18.1 Å². The lowest BCUT2D eigenvalue weighted by Gasteiger charge is -2.29. The fraction of sp³-hybridized carbons (Fsp3) is 0.600. The molecule has 74 valence electrons. The summed E-state index contributed by atoms with van der Waals surface area (Å²) < 4.78 is 0. The third-order valence-corrected chi connectivity index (χ3v) is 3.34. The minimum Gasteiger partial charge on any atom is -0.396 e. The van der Waals surface area contributed by atoms with Gasteiger partial charge in [-0.2, -0.15) is 0 Å². The van der Waals surface area contributed by atoms with Crippen molar-refractivity contribution < 1.29 is 5.11 Å². The average Bonchev–Trinajstić information content (AvgIpc) is 2.50. The van der Waals surface area contributed by atoms with E-state index in [1.807, 2.05) is 25.3 Å². The lowest BCUT2D eigenvalue weighted by atomic mass is 9.82. The second-order valence-corrected chi connectivity index (χ2v) is 5.18. The predicted molar refractivity (Wildman–Crippen MR) is 56.9 cm³/mol. The molecule has 0 radical (unpaired) electrons. The van der Waals surface area contributed by atoms with Crippen molar-refractivity contribution in [2.24, 2.45) is 11.1 Å². The van der Waals surface area contributed by atoms with Gasteiger partial charge >= 0.3 is 0 Å². The minimum atomic E-state index is -0.244. The van der Waals surface area contributed by atoms with Crippen LogP contribution in [0.1, 0.15) is 30.3 Å². The average molecular weight is 199 g/mol. The van der Waals surface area contributed by atoms with Crippen molar-refractivity contribution in [3.05, 3.63) is 21.9 Å². The van der Waals surface area contributed by atoms with Crippen molar-refractivity contribution in [1.29, 1.82) is 0 Å². The number of aryl methyl sites for hydroxylation is 1. The van der Waals surface area contributed by atoms with E-state index in [2.05, 4.69) is 6.92 Å². The van der Waals surface area contributed by atoms with Crippen molar-refractivity contribution in [2.45, 2.75) is 26.8 Å². The van der Waals surface area contributed by atoms with Crippen LogP contribution < -0.4 is 5.73 Å². The Labute approximate surface area is 83.4 Å². The van der Waals surface area contributed by atoms with Crippen LogP contribution in [0.3, 0.4) is 0 Å². The summed E-state index contributed by atoms with van der Waals surface area (Å²) in [6, 6.07) is 1.96. The maximum absolute atomic E-state index is 9.18. The van der Waals surface area contributed by atoms with Gasteiger partial charge in [-0.15, -0.1) is 11.3 Å². The smallest absolute Gasteiger partial charge is 0.0500 e. The molecule has 0 saturated carbocycles. The molecule has 0 aliphatic heterocycles. The van der Waals surface area contributed by atoms with Crippen molar-refractivity contribution in [3.8, 4) is 0 Å². The van der Waals surface area contributed by atoms with Gasteiger partial charge in [-0.25, -0.2) is 0 Å². The Morgan fingerprint density at radius 2 is 2.23 bits per heavy atom. The molecule has 0 aromatic carbocycles. The molecule has 3 heteroatoms. The standard InChI is InChI=1S/C10H17NOS/c1-7-8(4-5-13-7)9(11)10(2,3)6-12/h4-5,9,12H,6,11H2,1-3H3. The highest BCUT2D eigenvalue weighted by Gasteiger charge is 2.28. The van der Waals surface area contributed by atoms with Crippen molar-refractivity contribution in [3.63, 3.8) is 0 Å². The van der Waals surface area contributed by atoms with Gasteiger partial charge in [-0.3, -0.25) is 0 Å². The summed E-state index contributed by atoms with van der Waals surface area (Å²) in [6.07, 6.45) is 0. The first-order valence-electron chi connectivity index (χ1n) is 4.39. The SMILES string of the molecule is Cc1sccc1C(N)C(C)(C)CO. The summed E-state index contributed by atoms with van der Waals surface area (Å²) in [4.78, 5) is 1.24. The van der Waals surface area contributed by atoms with Crippen LogP contribution in [0, 0.1) is 12.3 Å². The fourth-order valence-electron chi connectivity index (χ4n) is 1.24. The van der Waals surface area contributed by atoms with Gasteiger partial charge in [0.1, 0.15) is 0 Å². The van der Waals surface area contributed by atoms with Crippen molar-refractivity contribution in [1.82, 2.24) is 0 Å². The molecule has 0 spiro atoms. The van der Waals surface area contributed by atoms with E-state index in [9.17, 15) is 5.11 Å². The van der Waals surface area contributed by atoms with Gasteiger partial charge < -0.3 is 10.8 Å². The van der Waals surface area contributed by atoms with Crippen LogP contribution in [0.4, 0.5) is 0 Å². The van der Waals surface area contributed by atoms with E-state index in [4.69, 9.17) is 5.73 Å². The molecule has 0 aliphatic carbocycles. The molecule has 1 aromatic rings. The molecule has 1 heterocycles. The predicted octanol–water partition coefficient (Wildman–Crippen LogP) is 2.07. The number of aliphatic hydroxyl groups excluding tert-OH is 1. The van der Waals surface area contributed by atoms with Crippen LogP contribution in [-0.4, -0.2) is 11.7 Å². The fourth-order valence-corrected chi connectivity index (χ4v) is 1.99. The minimum absolute atomic E-state index is 0.0799. The molecule has 0 bridgehead atoms. The van der Waals surface area contributed by atoms with E-state index in [0.29, 0.717) is 0 Å². The molecule has 1 unspecified atom stereocenters. The normalized spacial score (nSPS) is 14.5. The molecule has 13 heavy (non-hydrogen) atoms. The van der Waals surface area contributed by atoms with Crippen LogP contribution in [0.2, 0.25) is 0 Å². The van der Waals surface area contributed by atoms with Gasteiger partial charge in [0.15, 0.2) is 0 Å². The zero-order valence-corrected chi connectivity index (χ0v) is 9.19. The van der Waals surface area contributed by atoms with Gasteiger partial charge in [0, 0.05) is 22.9 Å². The van der Waals surface area contributed by atoms with Gasteiger partial charge in [-0.1, -0.05) is 13.8 Å². The molecule has 1 atom stereocenters. The van der Waals surface area contributed by atoms with Gasteiger partial charge in [0.2, 0.25) is 0 Å². The Hall–Kier alpha value is -0.380. The highest BCUT2D eigenvalue weighted by molar-refractivity contribution is 7.10. The van der Waals surface area contributed by atoms with E-state index in [0.717, 1.165) is 5.56 Å². The third kappa shape index (κ3) is 2.10. The second-order valence-electron chi connectivity index (χ2n) is 4.06. The molecular weight excluding hydrogens is 182 g/mol.